The molecule has 0 unspecified atom stereocenters. The number of pyridine rings is 1. The molecule has 9 nitrogen and oxygen atoms in total. The molecule has 0 saturated carbocycles. The minimum Gasteiger partial charge on any atom is -0.478 e. The first-order chi connectivity index (χ1) is 8.34. The van der Waals surface area contributed by atoms with Crippen LogP contribution in [0.2, 0.25) is 0 Å². The fourth-order valence-corrected chi connectivity index (χ4v) is 1.72. The number of carboxylic acids is 1. The molecule has 1 aromatic rings. The first kappa shape index (κ1) is 13.7. The minimum atomic E-state index is -4.20. The number of hydrogen-bond donors (Lipinski definition) is 3. The fourth-order valence-electron chi connectivity index (χ4n) is 0.945. The summed E-state index contributed by atoms with van der Waals surface area (Å²) in [6.45, 7) is 0. The quantitative estimate of drug-likeness (QED) is 0.692. The Morgan fingerprint density at radius 3 is 2.61 bits per heavy atom. The van der Waals surface area contributed by atoms with E-state index in [1.54, 1.807) is 0 Å². The van der Waals surface area contributed by atoms with E-state index in [0.29, 0.717) is 0 Å². The largest absolute Gasteiger partial charge is 0.478 e. The van der Waals surface area contributed by atoms with Gasteiger partial charge in [0.25, 0.3) is 0 Å². The molecular weight excluding hydrogens is 266 g/mol. The van der Waals surface area contributed by atoms with Crippen LogP contribution in [0.3, 0.4) is 0 Å². The van der Waals surface area contributed by atoms with Gasteiger partial charge in [0.2, 0.25) is 0 Å². The van der Waals surface area contributed by atoms with Crippen molar-refractivity contribution >= 4 is 28.0 Å². The molecule has 0 aliphatic rings. The Labute approximate surface area is 102 Å². The predicted octanol–water partition coefficient (Wildman–Crippen LogP) is -0.208. The average Bonchev–Trinajstić information content (AvgIpc) is 2.27. The number of carbonyl (C=O) groups is 2. The van der Waals surface area contributed by atoms with Gasteiger partial charge in [-0.05, 0) is 6.07 Å². The van der Waals surface area contributed by atoms with Crippen LogP contribution in [0, 0.1) is 0 Å². The maximum absolute atomic E-state index is 11.4. The molecule has 0 aromatic carbocycles. The molecule has 1 aromatic heterocycles. The van der Waals surface area contributed by atoms with Gasteiger partial charge < -0.3 is 9.84 Å². The lowest BCUT2D eigenvalue weighted by atomic mass is 10.3. The third-order valence-corrected chi connectivity index (χ3v) is 2.58. The van der Waals surface area contributed by atoms with Crippen molar-refractivity contribution in [2.24, 2.45) is 0 Å². The molecule has 3 N–H and O–H groups in total. The zero-order valence-electron chi connectivity index (χ0n) is 9.08. The molecule has 0 atom stereocenters. The summed E-state index contributed by atoms with van der Waals surface area (Å²) in [6.07, 6.45) is 0.960. The highest BCUT2D eigenvalue weighted by molar-refractivity contribution is 7.91. The van der Waals surface area contributed by atoms with E-state index in [-0.39, 0.29) is 11.3 Å². The first-order valence-corrected chi connectivity index (χ1v) is 5.89. The van der Waals surface area contributed by atoms with Crippen molar-refractivity contribution in [3.63, 3.8) is 0 Å². The summed E-state index contributed by atoms with van der Waals surface area (Å²) in [5.41, 5.74) is -0.306. The summed E-state index contributed by atoms with van der Waals surface area (Å²) >= 11 is 0. The van der Waals surface area contributed by atoms with E-state index in [1.165, 1.54) is 4.72 Å². The summed E-state index contributed by atoms with van der Waals surface area (Å²) in [6, 6.07) is 1.05. The van der Waals surface area contributed by atoms with Crippen molar-refractivity contribution in [2.75, 3.05) is 11.8 Å². The molecule has 1 heterocycles. The maximum Gasteiger partial charge on any atom is 0.422 e. The molecule has 1 amide bonds. The number of anilines is 1. The number of methoxy groups -OCH3 is 1. The highest BCUT2D eigenvalue weighted by Gasteiger charge is 2.15. The van der Waals surface area contributed by atoms with Gasteiger partial charge in [0.15, 0.2) is 0 Å². The molecule has 0 spiro atoms. The van der Waals surface area contributed by atoms with Gasteiger partial charge >= 0.3 is 22.3 Å². The number of ether oxygens (including phenoxy) is 1. The second-order valence-electron chi connectivity index (χ2n) is 2.97. The second kappa shape index (κ2) is 5.31. The third-order valence-electron chi connectivity index (χ3n) is 1.64. The van der Waals surface area contributed by atoms with Gasteiger partial charge in [0.1, 0.15) is 0 Å². The number of rotatable bonds is 4. The minimum absolute atomic E-state index is 0.105. The summed E-state index contributed by atoms with van der Waals surface area (Å²) in [5, 5.41) is 8.68. The van der Waals surface area contributed by atoms with Gasteiger partial charge in [-0.25, -0.2) is 14.3 Å². The van der Waals surface area contributed by atoms with Gasteiger partial charge in [0, 0.05) is 6.20 Å². The Hall–Kier alpha value is -2.36. The van der Waals surface area contributed by atoms with Crippen molar-refractivity contribution < 1.29 is 27.9 Å². The van der Waals surface area contributed by atoms with Gasteiger partial charge in [-0.2, -0.15) is 8.42 Å². The number of carbonyl (C=O) groups excluding carboxylic acids is 1. The van der Waals surface area contributed by atoms with Crippen LogP contribution in [0.25, 0.3) is 0 Å². The lowest BCUT2D eigenvalue weighted by Crippen LogP contribution is -2.35. The SMILES string of the molecule is COC(=O)NS(=O)(=O)Nc1cncc(C(=O)O)c1. The van der Waals surface area contributed by atoms with Crippen LogP contribution in [-0.2, 0) is 14.9 Å². The van der Waals surface area contributed by atoms with Crippen LogP contribution in [0.15, 0.2) is 18.5 Å². The summed E-state index contributed by atoms with van der Waals surface area (Å²) in [5.74, 6) is -1.26. The van der Waals surface area contributed by atoms with E-state index in [9.17, 15) is 18.0 Å². The van der Waals surface area contributed by atoms with Crippen molar-refractivity contribution in [3.8, 4) is 0 Å². The summed E-state index contributed by atoms with van der Waals surface area (Å²) in [4.78, 5) is 24.9. The molecule has 10 heteroatoms. The number of nitrogens with one attached hydrogen (secondary N) is 2. The number of carboxylic acid groups (broad SMARTS) is 1. The Kier molecular flexibility index (Phi) is 4.05. The van der Waals surface area contributed by atoms with E-state index in [4.69, 9.17) is 5.11 Å². The van der Waals surface area contributed by atoms with Crippen LogP contribution in [0.4, 0.5) is 10.5 Å². The molecule has 0 aliphatic carbocycles. The monoisotopic (exact) mass is 275 g/mol. The smallest absolute Gasteiger partial charge is 0.422 e. The number of hydrogen-bond acceptors (Lipinski definition) is 6. The van der Waals surface area contributed by atoms with Crippen molar-refractivity contribution in [1.82, 2.24) is 9.71 Å². The van der Waals surface area contributed by atoms with Gasteiger partial charge in [-0.3, -0.25) is 9.71 Å². The zero-order chi connectivity index (χ0) is 13.8. The number of aromatic carboxylic acids is 1. The number of amides is 1. The van der Waals surface area contributed by atoms with Gasteiger partial charge in [0.05, 0.1) is 24.6 Å². The van der Waals surface area contributed by atoms with E-state index in [1.807, 2.05) is 4.72 Å². The van der Waals surface area contributed by atoms with E-state index >= 15 is 0 Å². The highest BCUT2D eigenvalue weighted by atomic mass is 32.2. The van der Waals surface area contributed by atoms with Crippen LogP contribution >= 0.6 is 0 Å². The molecule has 1 rings (SSSR count). The summed E-state index contributed by atoms with van der Waals surface area (Å²) in [7, 11) is -3.20. The van der Waals surface area contributed by atoms with Gasteiger partial charge in [-0.1, -0.05) is 0 Å². The third kappa shape index (κ3) is 3.90. The molecule has 0 radical (unpaired) electrons. The average molecular weight is 275 g/mol. The van der Waals surface area contributed by atoms with E-state index < -0.39 is 22.3 Å². The van der Waals surface area contributed by atoms with Crippen LogP contribution in [0.5, 0.6) is 0 Å². The lowest BCUT2D eigenvalue weighted by Gasteiger charge is -2.08. The summed E-state index contributed by atoms with van der Waals surface area (Å²) < 4.78 is 30.3. The van der Waals surface area contributed by atoms with Crippen LogP contribution < -0.4 is 9.44 Å². The molecule has 0 fully saturated rings. The second-order valence-corrected chi connectivity index (χ2v) is 4.38. The number of nitrogens with zero attached hydrogens (tertiary/aromatic N) is 1. The van der Waals surface area contributed by atoms with Crippen molar-refractivity contribution in [1.29, 1.82) is 0 Å². The van der Waals surface area contributed by atoms with Crippen molar-refractivity contribution in [3.05, 3.63) is 24.0 Å². The molecule has 0 aliphatic heterocycles. The maximum atomic E-state index is 11.4. The van der Waals surface area contributed by atoms with Gasteiger partial charge in [-0.15, -0.1) is 0 Å². The van der Waals surface area contributed by atoms with Crippen LogP contribution in [-0.4, -0.2) is 37.7 Å². The molecule has 98 valence electrons. The molecule has 18 heavy (non-hydrogen) atoms. The topological polar surface area (TPSA) is 135 Å². The van der Waals surface area contributed by atoms with Crippen LogP contribution in [0.1, 0.15) is 10.4 Å². The Morgan fingerprint density at radius 1 is 1.39 bits per heavy atom. The Morgan fingerprint density at radius 2 is 2.06 bits per heavy atom. The Bertz CT molecular complexity index is 570. The molecule has 0 saturated heterocycles. The predicted molar refractivity (Wildman–Crippen MR) is 59.3 cm³/mol. The highest BCUT2D eigenvalue weighted by Crippen LogP contribution is 2.09. The fraction of sp³-hybridized carbons (Fsp3) is 0.125. The lowest BCUT2D eigenvalue weighted by molar-refractivity contribution is 0.0696. The number of aromatic nitrogens is 1. The molecule has 0 bridgehead atoms. The molecular formula is C8H9N3O6S. The first-order valence-electron chi connectivity index (χ1n) is 4.41. The van der Waals surface area contributed by atoms with Crippen molar-refractivity contribution in [2.45, 2.75) is 0 Å². The zero-order valence-corrected chi connectivity index (χ0v) is 9.89. The Balaban J connectivity index is 2.87. The normalized spacial score (nSPS) is 10.5. The van der Waals surface area contributed by atoms with E-state index in [0.717, 1.165) is 25.6 Å². The standard InChI is InChI=1S/C8H9N3O6S/c1-17-8(14)11-18(15,16)10-6-2-5(7(12)13)3-9-4-6/h2-4,10H,1H3,(H,11,14)(H,12,13). The van der Waals surface area contributed by atoms with E-state index in [2.05, 4.69) is 9.72 Å².